The van der Waals surface area contributed by atoms with Crippen LogP contribution in [0.4, 0.5) is 0 Å². The molecule has 1 fully saturated rings. The lowest BCUT2D eigenvalue weighted by molar-refractivity contribution is -0.137. The van der Waals surface area contributed by atoms with Crippen LogP contribution in [0.25, 0.3) is 0 Å². The van der Waals surface area contributed by atoms with Gasteiger partial charge in [0.2, 0.25) is 10.0 Å². The second-order valence-corrected chi connectivity index (χ2v) is 8.50. The number of hydrogen-bond acceptors (Lipinski definition) is 3. The zero-order valence-corrected chi connectivity index (χ0v) is 15.5. The summed E-state index contributed by atoms with van der Waals surface area (Å²) in [5.41, 5.74) is 1.03. The van der Waals surface area contributed by atoms with Gasteiger partial charge in [-0.2, -0.15) is 0 Å². The number of carbonyl (C=O) groups is 1. The van der Waals surface area contributed by atoms with Gasteiger partial charge in [-0.15, -0.1) is 0 Å². The van der Waals surface area contributed by atoms with Gasteiger partial charge in [0.25, 0.3) is 0 Å². The average Bonchev–Trinajstić information content (AvgIpc) is 3.00. The molecule has 0 aliphatic heterocycles. The summed E-state index contributed by atoms with van der Waals surface area (Å²) in [6, 6.07) is 6.86. The normalized spacial score (nSPS) is 21.0. The van der Waals surface area contributed by atoms with Gasteiger partial charge in [0.05, 0.1) is 4.90 Å². The molecule has 2 rings (SSSR count). The minimum Gasteiger partial charge on any atom is -0.481 e. The van der Waals surface area contributed by atoms with Crippen molar-refractivity contribution in [3.63, 3.8) is 0 Å². The van der Waals surface area contributed by atoms with Gasteiger partial charge in [0, 0.05) is 13.0 Å². The van der Waals surface area contributed by atoms with E-state index in [1.165, 1.54) is 0 Å². The fourth-order valence-corrected chi connectivity index (χ4v) is 4.33. The Morgan fingerprint density at radius 3 is 2.68 bits per heavy atom. The van der Waals surface area contributed by atoms with E-state index < -0.39 is 16.0 Å². The molecule has 1 aromatic rings. The number of rotatable bonds is 9. The number of carboxylic acid groups (broad SMARTS) is 1. The van der Waals surface area contributed by atoms with Crippen molar-refractivity contribution < 1.29 is 18.3 Å². The van der Waals surface area contributed by atoms with E-state index in [9.17, 15) is 13.2 Å². The number of aliphatic carboxylic acids is 1. The molecule has 1 aliphatic rings. The predicted octanol–water partition coefficient (Wildman–Crippen LogP) is 3.50. The van der Waals surface area contributed by atoms with Crippen molar-refractivity contribution in [1.29, 1.82) is 0 Å². The van der Waals surface area contributed by atoms with Crippen molar-refractivity contribution in [2.75, 3.05) is 6.54 Å². The number of allylic oxidation sites excluding steroid dienone is 2. The van der Waals surface area contributed by atoms with Crippen LogP contribution in [-0.4, -0.2) is 26.0 Å². The maximum Gasteiger partial charge on any atom is 0.303 e. The highest BCUT2D eigenvalue weighted by atomic mass is 32.2. The summed E-state index contributed by atoms with van der Waals surface area (Å²) in [4.78, 5) is 10.8. The zero-order valence-electron chi connectivity index (χ0n) is 14.6. The van der Waals surface area contributed by atoms with E-state index in [1.807, 2.05) is 13.0 Å². The summed E-state index contributed by atoms with van der Waals surface area (Å²) in [6.45, 7) is 2.37. The highest BCUT2D eigenvalue weighted by molar-refractivity contribution is 7.89. The van der Waals surface area contributed by atoms with Crippen molar-refractivity contribution >= 4 is 16.0 Å². The van der Waals surface area contributed by atoms with Crippen LogP contribution in [0, 0.1) is 18.8 Å². The van der Waals surface area contributed by atoms with E-state index in [-0.39, 0.29) is 6.42 Å². The van der Waals surface area contributed by atoms with E-state index >= 15 is 0 Å². The third-order valence-corrected chi connectivity index (χ3v) is 6.17. The molecule has 0 heterocycles. The summed E-state index contributed by atoms with van der Waals surface area (Å²) in [7, 11) is -3.47. The van der Waals surface area contributed by atoms with E-state index in [1.54, 1.807) is 24.3 Å². The highest BCUT2D eigenvalue weighted by Crippen LogP contribution is 2.32. The van der Waals surface area contributed by atoms with Crippen LogP contribution in [0.3, 0.4) is 0 Å². The fraction of sp³-hybridized carbons (Fsp3) is 0.526. The lowest BCUT2D eigenvalue weighted by atomic mass is 9.95. The molecule has 25 heavy (non-hydrogen) atoms. The second-order valence-electron chi connectivity index (χ2n) is 6.73. The molecule has 1 aromatic carbocycles. The van der Waals surface area contributed by atoms with Gasteiger partial charge in [0.15, 0.2) is 0 Å². The third kappa shape index (κ3) is 6.29. The van der Waals surface area contributed by atoms with Gasteiger partial charge in [-0.25, -0.2) is 13.1 Å². The Balaban J connectivity index is 1.85. The molecule has 2 unspecified atom stereocenters. The lowest BCUT2D eigenvalue weighted by Crippen LogP contribution is -2.30. The van der Waals surface area contributed by atoms with Gasteiger partial charge in [0.1, 0.15) is 0 Å². The Labute approximate surface area is 150 Å². The largest absolute Gasteiger partial charge is 0.481 e. The molecule has 0 spiro atoms. The molecule has 2 N–H and O–H groups in total. The molecule has 6 heteroatoms. The molecule has 0 amide bonds. The van der Waals surface area contributed by atoms with E-state index in [2.05, 4.69) is 10.8 Å². The molecule has 0 radical (unpaired) electrons. The minimum atomic E-state index is -3.47. The van der Waals surface area contributed by atoms with Gasteiger partial charge in [-0.1, -0.05) is 36.3 Å². The summed E-state index contributed by atoms with van der Waals surface area (Å²) in [5.74, 6) is -0.0980. The van der Waals surface area contributed by atoms with Crippen LogP contribution >= 0.6 is 0 Å². The standard InChI is InChI=1S/C19H27NO4S/c1-15-10-12-18(13-11-15)25(23,24)20-14-17-8-5-7-16(17)6-3-2-4-9-19(21)22/h3,6,10-13,16-17,20H,2,4-5,7-9,14H2,1H3,(H,21,22)/b6-3+. The van der Waals surface area contributed by atoms with E-state index in [0.29, 0.717) is 29.7 Å². The van der Waals surface area contributed by atoms with Crippen LogP contribution in [0.5, 0.6) is 0 Å². The number of hydrogen-bond donors (Lipinski definition) is 2. The van der Waals surface area contributed by atoms with Crippen LogP contribution < -0.4 is 4.72 Å². The minimum absolute atomic E-state index is 0.189. The number of sulfonamides is 1. The van der Waals surface area contributed by atoms with Crippen molar-refractivity contribution in [3.8, 4) is 0 Å². The number of unbranched alkanes of at least 4 members (excludes halogenated alkanes) is 1. The average molecular weight is 365 g/mol. The smallest absolute Gasteiger partial charge is 0.303 e. The van der Waals surface area contributed by atoms with Crippen LogP contribution in [0.15, 0.2) is 41.3 Å². The van der Waals surface area contributed by atoms with Gasteiger partial charge in [-0.05, 0) is 56.6 Å². The molecule has 5 nitrogen and oxygen atoms in total. The molecule has 1 aliphatic carbocycles. The number of nitrogens with one attached hydrogen (secondary N) is 1. The first kappa shape index (κ1) is 19.7. The van der Waals surface area contributed by atoms with Crippen LogP contribution in [0.2, 0.25) is 0 Å². The van der Waals surface area contributed by atoms with Crippen LogP contribution in [0.1, 0.15) is 44.1 Å². The molecule has 0 saturated heterocycles. The molecule has 1 saturated carbocycles. The Morgan fingerprint density at radius 1 is 1.28 bits per heavy atom. The zero-order chi connectivity index (χ0) is 18.3. The maximum absolute atomic E-state index is 12.4. The third-order valence-electron chi connectivity index (χ3n) is 4.73. The first-order valence-corrected chi connectivity index (χ1v) is 10.3. The monoisotopic (exact) mass is 365 g/mol. The summed E-state index contributed by atoms with van der Waals surface area (Å²) in [6.07, 6.45) is 8.94. The quantitative estimate of drug-likeness (QED) is 0.518. The van der Waals surface area contributed by atoms with E-state index in [0.717, 1.165) is 31.2 Å². The van der Waals surface area contributed by atoms with Crippen molar-refractivity contribution in [2.45, 2.75) is 50.3 Å². The summed E-state index contributed by atoms with van der Waals surface area (Å²) in [5, 5.41) is 8.63. The van der Waals surface area contributed by atoms with Crippen molar-refractivity contribution in [3.05, 3.63) is 42.0 Å². The number of carboxylic acids is 1. The fourth-order valence-electron chi connectivity index (χ4n) is 3.23. The van der Waals surface area contributed by atoms with E-state index in [4.69, 9.17) is 5.11 Å². The van der Waals surface area contributed by atoms with Crippen LogP contribution in [-0.2, 0) is 14.8 Å². The number of aryl methyl sites for hydroxylation is 1. The summed E-state index contributed by atoms with van der Waals surface area (Å²) >= 11 is 0. The second kappa shape index (κ2) is 9.15. The Morgan fingerprint density at radius 2 is 2.00 bits per heavy atom. The molecular weight excluding hydrogens is 338 g/mol. The Bertz CT molecular complexity index is 695. The van der Waals surface area contributed by atoms with Gasteiger partial charge < -0.3 is 5.11 Å². The Hall–Kier alpha value is -1.66. The molecule has 0 aromatic heterocycles. The lowest BCUT2D eigenvalue weighted by Gasteiger charge is -2.17. The number of benzene rings is 1. The summed E-state index contributed by atoms with van der Waals surface area (Å²) < 4.78 is 27.5. The maximum atomic E-state index is 12.4. The SMILES string of the molecule is Cc1ccc(S(=O)(=O)NCC2CCCC2/C=C/CCCC(=O)O)cc1. The molecule has 2 atom stereocenters. The van der Waals surface area contributed by atoms with Crippen molar-refractivity contribution in [2.24, 2.45) is 11.8 Å². The highest BCUT2D eigenvalue weighted by Gasteiger charge is 2.26. The topological polar surface area (TPSA) is 83.5 Å². The van der Waals surface area contributed by atoms with Gasteiger partial charge in [-0.3, -0.25) is 4.79 Å². The van der Waals surface area contributed by atoms with Crippen molar-refractivity contribution in [1.82, 2.24) is 4.72 Å². The molecule has 138 valence electrons. The molecular formula is C19H27NO4S. The first-order chi connectivity index (χ1) is 11.9. The van der Waals surface area contributed by atoms with Gasteiger partial charge >= 0.3 is 5.97 Å². The first-order valence-electron chi connectivity index (χ1n) is 8.83. The predicted molar refractivity (Wildman–Crippen MR) is 97.8 cm³/mol. The Kier molecular flexibility index (Phi) is 7.20. The molecule has 0 bridgehead atoms.